The number of rotatable bonds is 7. The Kier molecular flexibility index (Phi) is 10.4. The summed E-state index contributed by atoms with van der Waals surface area (Å²) >= 11 is 0. The van der Waals surface area contributed by atoms with Gasteiger partial charge in [0.1, 0.15) is 0 Å². The van der Waals surface area contributed by atoms with Gasteiger partial charge < -0.3 is 15.0 Å². The van der Waals surface area contributed by atoms with Crippen molar-refractivity contribution >= 4 is 40.0 Å². The van der Waals surface area contributed by atoms with E-state index in [9.17, 15) is 8.42 Å². The highest BCUT2D eigenvalue weighted by molar-refractivity contribution is 14.0. The van der Waals surface area contributed by atoms with Crippen LogP contribution in [0.4, 0.5) is 0 Å². The van der Waals surface area contributed by atoms with Crippen LogP contribution in [0.25, 0.3) is 0 Å². The van der Waals surface area contributed by atoms with Crippen LogP contribution in [0, 0.1) is 6.92 Å². The number of morpholine rings is 1. The highest BCUT2D eigenvalue weighted by atomic mass is 127. The monoisotopic (exact) mass is 572 g/mol. The van der Waals surface area contributed by atoms with E-state index in [0.717, 1.165) is 23.6 Å². The van der Waals surface area contributed by atoms with Gasteiger partial charge >= 0.3 is 0 Å². The molecule has 0 spiro atoms. The number of sulfonamides is 1. The van der Waals surface area contributed by atoms with Gasteiger partial charge in [-0.2, -0.15) is 4.31 Å². The normalized spacial score (nSPS) is 15.2. The molecule has 0 amide bonds. The maximum atomic E-state index is 12.9. The number of hydrogen-bond acceptors (Lipinski definition) is 4. The summed E-state index contributed by atoms with van der Waals surface area (Å²) in [7, 11) is 0.372. The van der Waals surface area contributed by atoms with Crippen LogP contribution in [0.3, 0.4) is 0 Å². The third-order valence-corrected chi connectivity index (χ3v) is 7.33. The number of nitrogens with zero attached hydrogens (tertiary/aromatic N) is 3. The van der Waals surface area contributed by atoms with Crippen molar-refractivity contribution < 1.29 is 13.2 Å². The number of nitrogens with one attached hydrogen (secondary N) is 1. The van der Waals surface area contributed by atoms with E-state index in [4.69, 9.17) is 4.74 Å². The highest BCUT2D eigenvalue weighted by Crippen LogP contribution is 2.17. The number of benzene rings is 2. The van der Waals surface area contributed by atoms with Gasteiger partial charge in [-0.1, -0.05) is 48.5 Å². The maximum Gasteiger partial charge on any atom is 0.218 e. The molecule has 0 unspecified atom stereocenters. The summed E-state index contributed by atoms with van der Waals surface area (Å²) in [4.78, 5) is 6.46. The van der Waals surface area contributed by atoms with Gasteiger partial charge in [0.15, 0.2) is 5.96 Å². The predicted molar refractivity (Wildman–Crippen MR) is 140 cm³/mol. The summed E-state index contributed by atoms with van der Waals surface area (Å²) in [5.74, 6) is 0.747. The molecule has 3 rings (SSSR count). The minimum absolute atomic E-state index is 0. The van der Waals surface area contributed by atoms with E-state index in [0.29, 0.717) is 32.8 Å². The lowest BCUT2D eigenvalue weighted by molar-refractivity contribution is 0.0729. The fraction of sp³-hybridized carbons (Fsp3) is 0.435. The summed E-state index contributed by atoms with van der Waals surface area (Å²) in [6, 6.07) is 16.0. The molecule has 0 aliphatic carbocycles. The van der Waals surface area contributed by atoms with Gasteiger partial charge in [0.25, 0.3) is 0 Å². The molecule has 9 heteroatoms. The molecule has 0 aromatic heterocycles. The van der Waals surface area contributed by atoms with Gasteiger partial charge in [0, 0.05) is 40.3 Å². The first kappa shape index (κ1) is 26.6. The van der Waals surface area contributed by atoms with Crippen LogP contribution < -0.4 is 5.32 Å². The van der Waals surface area contributed by atoms with Gasteiger partial charge in [0.05, 0.1) is 19.0 Å². The Labute approximate surface area is 208 Å². The third-order valence-electron chi connectivity index (χ3n) is 5.50. The molecular formula is C23H33IN4O3S. The summed E-state index contributed by atoms with van der Waals surface area (Å²) in [6.45, 7) is 5.07. The molecule has 0 atom stereocenters. The predicted octanol–water partition coefficient (Wildman–Crippen LogP) is 2.98. The quantitative estimate of drug-likeness (QED) is 0.314. The third kappa shape index (κ3) is 7.16. The van der Waals surface area contributed by atoms with Crippen LogP contribution in [-0.4, -0.2) is 64.0 Å². The van der Waals surface area contributed by atoms with E-state index < -0.39 is 10.0 Å². The van der Waals surface area contributed by atoms with Crippen LogP contribution in [0.15, 0.2) is 53.5 Å². The van der Waals surface area contributed by atoms with Crippen LogP contribution in [-0.2, 0) is 33.6 Å². The van der Waals surface area contributed by atoms with Crippen LogP contribution in [0.2, 0.25) is 0 Å². The lowest BCUT2D eigenvalue weighted by Crippen LogP contribution is -2.41. The van der Waals surface area contributed by atoms with Gasteiger partial charge in [0.2, 0.25) is 10.0 Å². The van der Waals surface area contributed by atoms with E-state index in [2.05, 4.69) is 34.3 Å². The number of aliphatic imine (C=N–C) groups is 1. The SMILES string of the molecule is CN=C(NCc1ccccc1CS(=O)(=O)N1CCOCC1)N(C)Cc1ccccc1C.I. The fourth-order valence-electron chi connectivity index (χ4n) is 3.66. The Hall–Kier alpha value is -1.69. The molecule has 0 radical (unpaired) electrons. The molecule has 32 heavy (non-hydrogen) atoms. The summed E-state index contributed by atoms with van der Waals surface area (Å²) < 4.78 is 32.5. The maximum absolute atomic E-state index is 12.9. The summed E-state index contributed by atoms with van der Waals surface area (Å²) in [5, 5.41) is 3.38. The molecule has 1 heterocycles. The Balaban J connectivity index is 0.00000363. The van der Waals surface area contributed by atoms with Crippen molar-refractivity contribution in [3.63, 3.8) is 0 Å². The smallest absolute Gasteiger partial charge is 0.218 e. The zero-order valence-electron chi connectivity index (χ0n) is 19.0. The van der Waals surface area contributed by atoms with Crippen LogP contribution in [0.5, 0.6) is 0 Å². The largest absolute Gasteiger partial charge is 0.379 e. The summed E-state index contributed by atoms with van der Waals surface area (Å²) in [5.41, 5.74) is 4.23. The molecule has 2 aromatic carbocycles. The van der Waals surface area contributed by atoms with Crippen molar-refractivity contribution in [3.8, 4) is 0 Å². The van der Waals surface area contributed by atoms with Crippen molar-refractivity contribution in [1.82, 2.24) is 14.5 Å². The van der Waals surface area contributed by atoms with Crippen molar-refractivity contribution in [2.24, 2.45) is 4.99 Å². The molecule has 176 valence electrons. The van der Waals surface area contributed by atoms with Crippen molar-refractivity contribution in [1.29, 1.82) is 0 Å². The molecular weight excluding hydrogens is 539 g/mol. The molecule has 0 saturated carbocycles. The molecule has 1 saturated heterocycles. The van der Waals surface area contributed by atoms with Crippen molar-refractivity contribution in [2.75, 3.05) is 40.4 Å². The highest BCUT2D eigenvalue weighted by Gasteiger charge is 2.25. The number of halogens is 1. The Morgan fingerprint density at radius 2 is 1.66 bits per heavy atom. The molecule has 2 aromatic rings. The molecule has 0 bridgehead atoms. The van der Waals surface area contributed by atoms with E-state index in [1.807, 2.05) is 43.4 Å². The van der Waals surface area contributed by atoms with Gasteiger partial charge in [-0.05, 0) is 29.2 Å². The molecule has 1 fully saturated rings. The first-order valence-corrected chi connectivity index (χ1v) is 12.1. The standard InChI is InChI=1S/C23H32N4O3S.HI/c1-19-8-4-5-10-21(19)17-26(3)23(24-2)25-16-20-9-6-7-11-22(20)18-31(28,29)27-12-14-30-15-13-27;/h4-11H,12-18H2,1-3H3,(H,24,25);1H. The van der Waals surface area contributed by atoms with Crippen molar-refractivity contribution in [3.05, 3.63) is 70.8 Å². The topological polar surface area (TPSA) is 74.2 Å². The lowest BCUT2D eigenvalue weighted by Gasteiger charge is -2.26. The van der Waals surface area contributed by atoms with Crippen molar-refractivity contribution in [2.45, 2.75) is 25.8 Å². The van der Waals surface area contributed by atoms with Crippen LogP contribution >= 0.6 is 24.0 Å². The Morgan fingerprint density at radius 3 is 2.28 bits per heavy atom. The average Bonchev–Trinajstić information content (AvgIpc) is 2.77. The Bertz CT molecular complexity index is 1010. The number of guanidine groups is 1. The second-order valence-corrected chi connectivity index (χ2v) is 9.69. The molecule has 1 aliphatic heterocycles. The van der Waals surface area contributed by atoms with Gasteiger partial charge in [-0.3, -0.25) is 4.99 Å². The zero-order chi connectivity index (χ0) is 22.3. The first-order chi connectivity index (χ1) is 14.9. The first-order valence-electron chi connectivity index (χ1n) is 10.5. The molecule has 1 aliphatic rings. The van der Waals surface area contributed by atoms with Gasteiger partial charge in [-0.25, -0.2) is 8.42 Å². The average molecular weight is 573 g/mol. The minimum atomic E-state index is -3.38. The van der Waals surface area contributed by atoms with E-state index in [1.165, 1.54) is 15.4 Å². The summed E-state index contributed by atoms with van der Waals surface area (Å²) in [6.07, 6.45) is 0. The van der Waals surface area contributed by atoms with E-state index in [1.54, 1.807) is 7.05 Å². The number of ether oxygens (including phenoxy) is 1. The minimum Gasteiger partial charge on any atom is -0.379 e. The fourth-order valence-corrected chi connectivity index (χ4v) is 5.22. The molecule has 7 nitrogen and oxygen atoms in total. The zero-order valence-corrected chi connectivity index (χ0v) is 22.1. The lowest BCUT2D eigenvalue weighted by atomic mass is 10.1. The number of aryl methyl sites for hydroxylation is 1. The second-order valence-electron chi connectivity index (χ2n) is 7.72. The van der Waals surface area contributed by atoms with Gasteiger partial charge in [-0.15, -0.1) is 24.0 Å². The Morgan fingerprint density at radius 1 is 1.06 bits per heavy atom. The van der Waals surface area contributed by atoms with E-state index >= 15 is 0 Å². The number of hydrogen-bond donors (Lipinski definition) is 1. The van der Waals surface area contributed by atoms with Crippen LogP contribution in [0.1, 0.15) is 22.3 Å². The molecule has 1 N–H and O–H groups in total. The van der Waals surface area contributed by atoms with E-state index in [-0.39, 0.29) is 29.7 Å². The second kappa shape index (κ2) is 12.5.